The summed E-state index contributed by atoms with van der Waals surface area (Å²) in [5.41, 5.74) is 2.61. The van der Waals surface area contributed by atoms with Crippen LogP contribution in [-0.2, 0) is 21.7 Å². The number of ether oxygens (including phenoxy) is 2. The third-order valence-electron chi connectivity index (χ3n) is 9.87. The van der Waals surface area contributed by atoms with Crippen LogP contribution >= 0.6 is 15.9 Å². The number of anilines is 1. The third kappa shape index (κ3) is 5.01. The van der Waals surface area contributed by atoms with Crippen LogP contribution in [0.2, 0.25) is 18.6 Å². The number of carbonyl (C=O) groups is 1. The first kappa shape index (κ1) is 30.7. The van der Waals surface area contributed by atoms with Crippen LogP contribution < -0.4 is 14.8 Å². The van der Waals surface area contributed by atoms with E-state index < -0.39 is 13.7 Å². The van der Waals surface area contributed by atoms with Crippen molar-refractivity contribution in [1.29, 1.82) is 0 Å². The number of aryl methyl sites for hydroxylation is 1. The van der Waals surface area contributed by atoms with Gasteiger partial charge in [-0.1, -0.05) is 88.8 Å². The number of aliphatic hydroxyl groups excluding tert-OH is 1. The number of likely N-dealkylation sites (N-methyl/N-ethyl adjacent to an activating group) is 1. The molecule has 8 nitrogen and oxygen atoms in total. The Balaban J connectivity index is 1.35. The van der Waals surface area contributed by atoms with Crippen molar-refractivity contribution in [2.24, 2.45) is 5.92 Å². The predicted molar refractivity (Wildman–Crippen MR) is 177 cm³/mol. The lowest BCUT2D eigenvalue weighted by Gasteiger charge is -2.37. The van der Waals surface area contributed by atoms with Crippen molar-refractivity contribution in [3.8, 4) is 5.75 Å². The van der Waals surface area contributed by atoms with Crippen molar-refractivity contribution in [1.82, 2.24) is 15.0 Å². The van der Waals surface area contributed by atoms with Gasteiger partial charge in [0.25, 0.3) is 5.91 Å². The van der Waals surface area contributed by atoms with Crippen LogP contribution in [-0.4, -0.2) is 60.9 Å². The molecule has 2 aliphatic rings. The van der Waals surface area contributed by atoms with Gasteiger partial charge in [0.15, 0.2) is 5.60 Å². The fourth-order valence-electron chi connectivity index (χ4n) is 7.56. The van der Waals surface area contributed by atoms with Gasteiger partial charge in [-0.2, -0.15) is 0 Å². The van der Waals surface area contributed by atoms with E-state index in [1.54, 1.807) is 12.0 Å². The van der Waals surface area contributed by atoms with E-state index in [-0.39, 0.29) is 36.0 Å². The first-order chi connectivity index (χ1) is 21.1. The van der Waals surface area contributed by atoms with Crippen LogP contribution in [0.15, 0.2) is 83.5 Å². The molecule has 5 atom stereocenters. The average Bonchev–Trinajstić information content (AvgIpc) is 3.68. The lowest BCUT2D eigenvalue weighted by molar-refractivity contribution is -0.145. The molecular formula is C34H39BrN4O4Si. The van der Waals surface area contributed by atoms with Crippen LogP contribution in [0.5, 0.6) is 5.75 Å². The number of aliphatic hydroxyl groups is 1. The number of hydrogen-bond donors (Lipinski definition) is 1. The van der Waals surface area contributed by atoms with E-state index in [0.717, 1.165) is 32.7 Å². The van der Waals surface area contributed by atoms with Gasteiger partial charge < -0.3 is 19.5 Å². The Morgan fingerprint density at radius 1 is 1.11 bits per heavy atom. The highest BCUT2D eigenvalue weighted by molar-refractivity contribution is 9.10. The number of carbonyl (C=O) groups excluding carboxylic acids is 1. The van der Waals surface area contributed by atoms with Crippen molar-refractivity contribution in [3.63, 3.8) is 0 Å². The molecule has 0 saturated carbocycles. The van der Waals surface area contributed by atoms with Gasteiger partial charge in [-0.3, -0.25) is 9.48 Å². The zero-order valence-corrected chi connectivity index (χ0v) is 28.4. The smallest absolute Gasteiger partial charge is 0.264 e. The van der Waals surface area contributed by atoms with Gasteiger partial charge in [-0.15, -0.1) is 5.10 Å². The number of rotatable bonds is 9. The molecule has 0 bridgehead atoms. The van der Waals surface area contributed by atoms with Crippen LogP contribution in [0, 0.1) is 5.92 Å². The number of fused-ring (bicyclic) bond motifs is 2. The summed E-state index contributed by atoms with van der Waals surface area (Å²) in [7, 11) is 1.29. The monoisotopic (exact) mass is 674 g/mol. The number of benzene rings is 3. The van der Waals surface area contributed by atoms with Gasteiger partial charge >= 0.3 is 0 Å². The summed E-state index contributed by atoms with van der Waals surface area (Å²) in [5.74, 6) is 0.505. The normalized spacial score (nSPS) is 23.8. The molecule has 1 N–H and O–H groups in total. The Labute approximate surface area is 268 Å². The minimum atomic E-state index is -2.23. The quantitative estimate of drug-likeness (QED) is 0.237. The molecule has 4 aromatic rings. The maximum atomic E-state index is 14.2. The van der Waals surface area contributed by atoms with Crippen molar-refractivity contribution < 1.29 is 19.4 Å². The molecule has 0 aliphatic carbocycles. The van der Waals surface area contributed by atoms with E-state index in [1.807, 2.05) is 72.5 Å². The summed E-state index contributed by atoms with van der Waals surface area (Å²) in [5, 5.41) is 20.3. The SMILES string of the molecule is COc1ccc([Si](C)(C)[C@@H]2[C@@H](CCn3cc(C(CO)c4ccccc4)nn3)O[C@]3(C(=O)N(C)c4ccc(Br)cc43)[C@H]2C)cc1. The Hall–Kier alpha value is -3.31. The number of nitrogens with zero attached hydrogens (tertiary/aromatic N) is 4. The number of halogens is 1. The second-order valence-electron chi connectivity index (χ2n) is 12.5. The average molecular weight is 676 g/mol. The maximum Gasteiger partial charge on any atom is 0.264 e. The van der Waals surface area contributed by atoms with E-state index in [1.165, 1.54) is 5.19 Å². The molecule has 3 heterocycles. The Morgan fingerprint density at radius 3 is 2.52 bits per heavy atom. The second-order valence-corrected chi connectivity index (χ2v) is 18.1. The molecular weight excluding hydrogens is 636 g/mol. The van der Waals surface area contributed by atoms with Gasteiger partial charge in [0.2, 0.25) is 0 Å². The highest BCUT2D eigenvalue weighted by Gasteiger charge is 2.65. The summed E-state index contributed by atoms with van der Waals surface area (Å²) < 4.78 is 15.3. The Bertz CT molecular complexity index is 1650. The predicted octanol–water partition coefficient (Wildman–Crippen LogP) is 5.46. The van der Waals surface area contributed by atoms with Crippen molar-refractivity contribution >= 4 is 40.8 Å². The largest absolute Gasteiger partial charge is 0.497 e. The number of hydrogen-bond acceptors (Lipinski definition) is 6. The van der Waals surface area contributed by atoms with Gasteiger partial charge in [0, 0.05) is 35.7 Å². The molecule has 230 valence electrons. The molecule has 10 heteroatoms. The molecule has 6 rings (SSSR count). The zero-order chi connectivity index (χ0) is 31.2. The summed E-state index contributed by atoms with van der Waals surface area (Å²) in [6.45, 7) is 7.49. The first-order valence-corrected chi connectivity index (χ1v) is 18.9. The van der Waals surface area contributed by atoms with E-state index in [4.69, 9.17) is 9.47 Å². The van der Waals surface area contributed by atoms with Crippen LogP contribution in [0.25, 0.3) is 0 Å². The molecule has 1 unspecified atom stereocenters. The second kappa shape index (κ2) is 11.9. The fourth-order valence-corrected chi connectivity index (χ4v) is 12.0. The molecule has 3 aromatic carbocycles. The van der Waals surface area contributed by atoms with Gasteiger partial charge in [0.05, 0.1) is 45.2 Å². The van der Waals surface area contributed by atoms with E-state index >= 15 is 0 Å². The van der Waals surface area contributed by atoms with E-state index in [2.05, 4.69) is 64.5 Å². The molecule has 2 aliphatic heterocycles. The first-order valence-electron chi connectivity index (χ1n) is 15.1. The zero-order valence-electron chi connectivity index (χ0n) is 25.8. The summed E-state index contributed by atoms with van der Waals surface area (Å²) in [6.07, 6.45) is 2.40. The van der Waals surface area contributed by atoms with Crippen molar-refractivity contribution in [2.75, 3.05) is 25.7 Å². The Kier molecular flexibility index (Phi) is 8.29. The third-order valence-corrected chi connectivity index (χ3v) is 14.7. The maximum absolute atomic E-state index is 14.2. The summed E-state index contributed by atoms with van der Waals surface area (Å²) in [4.78, 5) is 16.0. The van der Waals surface area contributed by atoms with E-state index in [9.17, 15) is 9.90 Å². The molecule has 1 saturated heterocycles. The molecule has 1 fully saturated rings. The molecule has 1 amide bonds. The molecule has 1 spiro atoms. The lowest BCUT2D eigenvalue weighted by Crippen LogP contribution is -2.51. The number of methoxy groups -OCH3 is 1. The summed E-state index contributed by atoms with van der Waals surface area (Å²) >= 11 is 3.65. The van der Waals surface area contributed by atoms with Crippen LogP contribution in [0.3, 0.4) is 0 Å². The standard InChI is InChI=1S/C34H39BrN4O4Si/c1-22-32(44(4,5)26-14-12-25(42-3)13-15-26)31(43-34(22)28-19-24(35)11-16-30(28)38(2)33(34)41)17-18-39-20-29(36-37-39)27(21-40)23-9-7-6-8-10-23/h6-16,19-20,22,27,31-32,40H,17-18,21H2,1-5H3/t22-,27?,31+,32-,34+/m0/s1. The molecule has 1 aromatic heterocycles. The van der Waals surface area contributed by atoms with Crippen molar-refractivity contribution in [2.45, 2.75) is 56.1 Å². The minimum Gasteiger partial charge on any atom is -0.497 e. The highest BCUT2D eigenvalue weighted by Crippen LogP contribution is 2.60. The topological polar surface area (TPSA) is 89.7 Å². The van der Waals surface area contributed by atoms with Crippen molar-refractivity contribution in [3.05, 3.63) is 100 Å². The minimum absolute atomic E-state index is 0.0122. The molecule has 44 heavy (non-hydrogen) atoms. The molecule has 0 radical (unpaired) electrons. The lowest BCUT2D eigenvalue weighted by atomic mass is 9.82. The summed E-state index contributed by atoms with van der Waals surface area (Å²) in [6, 6.07) is 24.3. The van der Waals surface area contributed by atoms with E-state index in [0.29, 0.717) is 13.0 Å². The van der Waals surface area contributed by atoms with Crippen LogP contribution in [0.1, 0.15) is 36.1 Å². The number of aromatic nitrogens is 3. The van der Waals surface area contributed by atoms with Gasteiger partial charge in [0.1, 0.15) is 5.75 Å². The van der Waals surface area contributed by atoms with Gasteiger partial charge in [-0.25, -0.2) is 0 Å². The van der Waals surface area contributed by atoms with Crippen LogP contribution in [0.4, 0.5) is 5.69 Å². The highest BCUT2D eigenvalue weighted by atomic mass is 79.9. The Morgan fingerprint density at radius 2 is 1.84 bits per heavy atom. The number of amides is 1. The fraction of sp³-hybridized carbons (Fsp3) is 0.382. The van der Waals surface area contributed by atoms with Gasteiger partial charge in [-0.05, 0) is 47.9 Å².